The quantitative estimate of drug-likeness (QED) is 0.642. The Morgan fingerprint density at radius 1 is 1.48 bits per heavy atom. The lowest BCUT2D eigenvalue weighted by Gasteiger charge is -2.29. The molecule has 1 saturated heterocycles. The van der Waals surface area contributed by atoms with Gasteiger partial charge in [-0.15, -0.1) is 0 Å². The number of sulfonamides is 1. The van der Waals surface area contributed by atoms with E-state index in [0.717, 1.165) is 12.1 Å². The van der Waals surface area contributed by atoms with Crippen LogP contribution in [-0.2, 0) is 10.0 Å². The van der Waals surface area contributed by atoms with Crippen molar-refractivity contribution in [1.82, 2.24) is 10.0 Å². The minimum Gasteiger partial charge on any atom is -0.316 e. The fourth-order valence-electron chi connectivity index (χ4n) is 2.31. The van der Waals surface area contributed by atoms with Crippen LogP contribution in [0.3, 0.4) is 0 Å². The number of nitrogens with one attached hydrogen (secondary N) is 2. The topological polar surface area (TPSA) is 101 Å². The zero-order valence-corrected chi connectivity index (χ0v) is 12.9. The number of benzene rings is 1. The summed E-state index contributed by atoms with van der Waals surface area (Å²) in [5.74, 6) is 0.111. The lowest BCUT2D eigenvalue weighted by molar-refractivity contribution is -0.387. The molecule has 0 radical (unpaired) electrons. The minimum atomic E-state index is -3.96. The molecule has 0 spiro atoms. The van der Waals surface area contributed by atoms with E-state index in [1.807, 2.05) is 6.92 Å². The lowest BCUT2D eigenvalue weighted by Crippen LogP contribution is -2.48. The Morgan fingerprint density at radius 3 is 2.81 bits per heavy atom. The van der Waals surface area contributed by atoms with Crippen LogP contribution in [0.4, 0.5) is 5.69 Å². The van der Waals surface area contributed by atoms with Gasteiger partial charge in [0.15, 0.2) is 4.90 Å². The highest BCUT2D eigenvalue weighted by atomic mass is 35.5. The van der Waals surface area contributed by atoms with Gasteiger partial charge in [-0.05, 0) is 37.6 Å². The van der Waals surface area contributed by atoms with E-state index in [4.69, 9.17) is 11.6 Å². The molecule has 0 saturated carbocycles. The Morgan fingerprint density at radius 2 is 2.19 bits per heavy atom. The van der Waals surface area contributed by atoms with E-state index in [0.29, 0.717) is 19.5 Å². The van der Waals surface area contributed by atoms with Gasteiger partial charge in [-0.3, -0.25) is 10.1 Å². The normalized spacial score (nSPS) is 23.0. The van der Waals surface area contributed by atoms with Crippen molar-refractivity contribution in [1.29, 1.82) is 0 Å². The summed E-state index contributed by atoms with van der Waals surface area (Å²) in [6.45, 7) is 3.34. The molecule has 7 nitrogen and oxygen atoms in total. The van der Waals surface area contributed by atoms with Gasteiger partial charge in [0.25, 0.3) is 5.69 Å². The number of nitro benzene ring substituents is 1. The largest absolute Gasteiger partial charge is 0.316 e. The second kappa shape index (κ2) is 6.27. The molecule has 2 N–H and O–H groups in total. The molecule has 2 rings (SSSR count). The Hall–Kier alpha value is -1.22. The summed E-state index contributed by atoms with van der Waals surface area (Å²) in [6, 6.07) is 3.29. The molecule has 0 aromatic heterocycles. The van der Waals surface area contributed by atoms with Gasteiger partial charge in [0.2, 0.25) is 10.0 Å². The molecule has 1 aromatic carbocycles. The van der Waals surface area contributed by atoms with Crippen LogP contribution in [0.15, 0.2) is 23.1 Å². The van der Waals surface area contributed by atoms with Crippen LogP contribution >= 0.6 is 11.6 Å². The van der Waals surface area contributed by atoms with Gasteiger partial charge in [-0.2, -0.15) is 0 Å². The summed E-state index contributed by atoms with van der Waals surface area (Å²) in [6.07, 6.45) is 0.641. The zero-order valence-electron chi connectivity index (χ0n) is 11.4. The summed E-state index contributed by atoms with van der Waals surface area (Å²) in [5.41, 5.74) is -0.517. The van der Waals surface area contributed by atoms with E-state index in [-0.39, 0.29) is 21.9 Å². The first kappa shape index (κ1) is 16.2. The van der Waals surface area contributed by atoms with Crippen LogP contribution in [-0.4, -0.2) is 32.5 Å². The predicted octanol–water partition coefficient (Wildman–Crippen LogP) is 1.52. The van der Waals surface area contributed by atoms with Crippen molar-refractivity contribution < 1.29 is 13.3 Å². The molecule has 0 bridgehead atoms. The highest BCUT2D eigenvalue weighted by molar-refractivity contribution is 7.89. The van der Waals surface area contributed by atoms with Crippen LogP contribution in [0.2, 0.25) is 5.02 Å². The van der Waals surface area contributed by atoms with E-state index in [9.17, 15) is 18.5 Å². The average Bonchev–Trinajstić information content (AvgIpc) is 2.40. The van der Waals surface area contributed by atoms with Gasteiger partial charge in [0.05, 0.1) is 4.92 Å². The fourth-order valence-corrected chi connectivity index (χ4v) is 4.01. The molecular formula is C12H16ClN3O4S. The molecule has 1 aromatic rings. The van der Waals surface area contributed by atoms with Crippen LogP contribution in [0.25, 0.3) is 0 Å². The van der Waals surface area contributed by atoms with E-state index in [1.165, 1.54) is 6.07 Å². The van der Waals surface area contributed by atoms with Crippen LogP contribution in [0.1, 0.15) is 13.3 Å². The maximum absolute atomic E-state index is 12.4. The van der Waals surface area contributed by atoms with Gasteiger partial charge in [0.1, 0.15) is 0 Å². The van der Waals surface area contributed by atoms with Crippen LogP contribution in [0, 0.1) is 16.0 Å². The Labute approximate surface area is 127 Å². The first-order valence-corrected chi connectivity index (χ1v) is 8.34. The highest BCUT2D eigenvalue weighted by Gasteiger charge is 2.31. The maximum Gasteiger partial charge on any atom is 0.290 e. The predicted molar refractivity (Wildman–Crippen MR) is 78.9 cm³/mol. The summed E-state index contributed by atoms with van der Waals surface area (Å²) < 4.78 is 27.4. The first-order valence-electron chi connectivity index (χ1n) is 6.48. The number of hydrogen-bond acceptors (Lipinski definition) is 5. The van der Waals surface area contributed by atoms with Crippen molar-refractivity contribution in [3.63, 3.8) is 0 Å². The van der Waals surface area contributed by atoms with Crippen molar-refractivity contribution in [3.05, 3.63) is 33.3 Å². The van der Waals surface area contributed by atoms with Crippen LogP contribution < -0.4 is 10.0 Å². The Bertz CT molecular complexity index is 650. The Kier molecular flexibility index (Phi) is 4.82. The summed E-state index contributed by atoms with van der Waals surface area (Å²) in [5, 5.41) is 14.3. The average molecular weight is 334 g/mol. The molecule has 0 amide bonds. The standard InChI is InChI=1S/C12H16ClN3O4S/c1-8-7-14-5-4-10(8)15-21(19,20)12-3-2-9(13)6-11(12)16(17)18/h2-3,6,8,10,14-15H,4-5,7H2,1H3. The fraction of sp³-hybridized carbons (Fsp3) is 0.500. The Balaban J connectivity index is 2.33. The second-order valence-electron chi connectivity index (χ2n) is 5.07. The number of hydrogen-bond donors (Lipinski definition) is 2. The zero-order chi connectivity index (χ0) is 15.6. The molecule has 1 fully saturated rings. The molecule has 2 unspecified atom stereocenters. The van der Waals surface area contributed by atoms with E-state index < -0.39 is 20.6 Å². The SMILES string of the molecule is CC1CNCCC1NS(=O)(=O)c1ccc(Cl)cc1[N+](=O)[O-]. The highest BCUT2D eigenvalue weighted by Crippen LogP contribution is 2.28. The molecule has 0 aliphatic carbocycles. The maximum atomic E-state index is 12.4. The third-order valence-corrected chi connectivity index (χ3v) is 5.27. The lowest BCUT2D eigenvalue weighted by atomic mass is 9.97. The van der Waals surface area contributed by atoms with E-state index in [2.05, 4.69) is 10.0 Å². The monoisotopic (exact) mass is 333 g/mol. The number of halogens is 1. The number of nitrogens with zero attached hydrogens (tertiary/aromatic N) is 1. The van der Waals surface area contributed by atoms with Crippen molar-refractivity contribution >= 4 is 27.3 Å². The number of nitro groups is 1. The number of rotatable bonds is 4. The van der Waals surface area contributed by atoms with E-state index in [1.54, 1.807) is 0 Å². The van der Waals surface area contributed by atoms with Crippen molar-refractivity contribution in [2.24, 2.45) is 5.92 Å². The minimum absolute atomic E-state index is 0.111. The first-order chi connectivity index (χ1) is 9.81. The molecule has 2 atom stereocenters. The molecule has 9 heteroatoms. The second-order valence-corrected chi connectivity index (χ2v) is 7.19. The molecule has 1 aliphatic heterocycles. The third kappa shape index (κ3) is 3.70. The number of piperidine rings is 1. The van der Waals surface area contributed by atoms with Gasteiger partial charge in [-0.1, -0.05) is 18.5 Å². The summed E-state index contributed by atoms with van der Waals surface area (Å²) >= 11 is 5.70. The van der Waals surface area contributed by atoms with Crippen molar-refractivity contribution in [2.45, 2.75) is 24.3 Å². The van der Waals surface area contributed by atoms with Crippen molar-refractivity contribution in [2.75, 3.05) is 13.1 Å². The van der Waals surface area contributed by atoms with Gasteiger partial charge in [-0.25, -0.2) is 13.1 Å². The molecule has 21 heavy (non-hydrogen) atoms. The smallest absolute Gasteiger partial charge is 0.290 e. The van der Waals surface area contributed by atoms with E-state index >= 15 is 0 Å². The molecule has 116 valence electrons. The van der Waals surface area contributed by atoms with Gasteiger partial charge < -0.3 is 5.32 Å². The third-order valence-electron chi connectivity index (χ3n) is 3.50. The van der Waals surface area contributed by atoms with Gasteiger partial charge in [0, 0.05) is 17.1 Å². The molecule has 1 aliphatic rings. The van der Waals surface area contributed by atoms with Crippen LogP contribution in [0.5, 0.6) is 0 Å². The summed E-state index contributed by atoms with van der Waals surface area (Å²) in [4.78, 5) is 9.92. The van der Waals surface area contributed by atoms with Crippen molar-refractivity contribution in [3.8, 4) is 0 Å². The van der Waals surface area contributed by atoms with Gasteiger partial charge >= 0.3 is 0 Å². The molecule has 1 heterocycles. The summed E-state index contributed by atoms with van der Waals surface area (Å²) in [7, 11) is -3.96. The molecular weight excluding hydrogens is 318 g/mol.